The maximum Gasteiger partial charge on any atom is 0.324 e. The molecule has 0 aliphatic heterocycles. The highest BCUT2D eigenvalue weighted by atomic mass is 35.5. The lowest BCUT2D eigenvalue weighted by Crippen LogP contribution is -2.35. The van der Waals surface area contributed by atoms with Gasteiger partial charge in [-0.2, -0.15) is 0 Å². The number of halogens is 2. The van der Waals surface area contributed by atoms with Crippen LogP contribution in [0.2, 0.25) is 10.0 Å². The van der Waals surface area contributed by atoms with Gasteiger partial charge in [-0.1, -0.05) is 35.9 Å². The molecule has 26 heavy (non-hydrogen) atoms. The lowest BCUT2D eigenvalue weighted by Gasteiger charge is -2.23. The van der Waals surface area contributed by atoms with Crippen molar-refractivity contribution < 1.29 is 23.1 Å². The number of carboxylic acid groups (broad SMARTS) is 1. The lowest BCUT2D eigenvalue weighted by atomic mass is 10.3. The summed E-state index contributed by atoms with van der Waals surface area (Å²) in [5.74, 6) is -0.833. The smallest absolute Gasteiger partial charge is 0.324 e. The zero-order valence-corrected chi connectivity index (χ0v) is 15.8. The monoisotopic (exact) mass is 415 g/mol. The predicted octanol–water partition coefficient (Wildman–Crippen LogP) is 3.84. The maximum absolute atomic E-state index is 13.0. The third kappa shape index (κ3) is 4.69. The first-order valence-electron chi connectivity index (χ1n) is 7.29. The van der Waals surface area contributed by atoms with Crippen LogP contribution in [0.25, 0.3) is 0 Å². The van der Waals surface area contributed by atoms with Crippen molar-refractivity contribution in [1.82, 2.24) is 0 Å². The fourth-order valence-electron chi connectivity index (χ4n) is 2.10. The summed E-state index contributed by atoms with van der Waals surface area (Å²) in [6.07, 6.45) is 1.57. The molecule has 9 heteroatoms. The van der Waals surface area contributed by atoms with E-state index in [9.17, 15) is 13.2 Å². The molecule has 6 nitrogen and oxygen atoms in total. The van der Waals surface area contributed by atoms with E-state index in [-0.39, 0.29) is 27.2 Å². The van der Waals surface area contributed by atoms with Crippen LogP contribution in [-0.4, -0.2) is 32.6 Å². The van der Waals surface area contributed by atoms with Crippen molar-refractivity contribution in [3.8, 4) is 5.75 Å². The maximum atomic E-state index is 13.0. The number of carbonyl (C=O) groups is 1. The van der Waals surface area contributed by atoms with Gasteiger partial charge in [-0.3, -0.25) is 9.10 Å². The Balaban J connectivity index is 2.48. The van der Waals surface area contributed by atoms with Crippen LogP contribution in [0.15, 0.2) is 60.0 Å². The number of aliphatic carboxylic acids is 1. The molecule has 0 atom stereocenters. The van der Waals surface area contributed by atoms with Gasteiger partial charge < -0.3 is 9.84 Å². The zero-order valence-electron chi connectivity index (χ0n) is 13.4. The Morgan fingerprint density at radius 3 is 2.42 bits per heavy atom. The van der Waals surface area contributed by atoms with Gasteiger partial charge >= 0.3 is 5.97 Å². The molecule has 138 valence electrons. The Morgan fingerprint density at radius 2 is 1.85 bits per heavy atom. The molecular weight excluding hydrogens is 401 g/mol. The van der Waals surface area contributed by atoms with Gasteiger partial charge in [0.15, 0.2) is 0 Å². The number of anilines is 1. The van der Waals surface area contributed by atoms with Crippen LogP contribution >= 0.6 is 23.2 Å². The molecule has 0 unspecified atom stereocenters. The molecule has 0 bridgehead atoms. The molecule has 0 spiro atoms. The lowest BCUT2D eigenvalue weighted by molar-refractivity contribution is -0.135. The molecule has 0 aliphatic rings. The second-order valence-electron chi connectivity index (χ2n) is 5.07. The van der Waals surface area contributed by atoms with Gasteiger partial charge in [-0.25, -0.2) is 8.42 Å². The van der Waals surface area contributed by atoms with Gasteiger partial charge in [0, 0.05) is 5.02 Å². The van der Waals surface area contributed by atoms with Crippen LogP contribution in [0, 0.1) is 0 Å². The normalized spacial score (nSPS) is 11.0. The largest absolute Gasteiger partial charge is 0.490 e. The zero-order chi connectivity index (χ0) is 19.3. The van der Waals surface area contributed by atoms with Crippen molar-refractivity contribution in [2.75, 3.05) is 17.5 Å². The van der Waals surface area contributed by atoms with Crippen LogP contribution in [0.3, 0.4) is 0 Å². The number of hydrogen-bond acceptors (Lipinski definition) is 4. The van der Waals surface area contributed by atoms with Gasteiger partial charge in [0.05, 0.1) is 10.7 Å². The van der Waals surface area contributed by atoms with E-state index in [1.807, 2.05) is 0 Å². The summed E-state index contributed by atoms with van der Waals surface area (Å²) in [5, 5.41) is 9.25. The van der Waals surface area contributed by atoms with Gasteiger partial charge in [0.1, 0.15) is 23.8 Å². The van der Waals surface area contributed by atoms with E-state index < -0.39 is 22.5 Å². The van der Waals surface area contributed by atoms with Gasteiger partial charge in [-0.05, 0) is 42.5 Å². The minimum absolute atomic E-state index is 0.0595. The quantitative estimate of drug-likeness (QED) is 0.662. The number of hydrogen-bond donors (Lipinski definition) is 1. The summed E-state index contributed by atoms with van der Waals surface area (Å²) in [6.45, 7) is 3.04. The van der Waals surface area contributed by atoms with E-state index in [1.165, 1.54) is 42.5 Å². The molecular formula is C17H15Cl2NO5S. The minimum atomic E-state index is -4.25. The van der Waals surface area contributed by atoms with E-state index in [0.29, 0.717) is 5.75 Å². The molecule has 0 radical (unpaired) electrons. The third-order valence-corrected chi connectivity index (χ3v) is 5.72. The van der Waals surface area contributed by atoms with Crippen molar-refractivity contribution in [3.05, 3.63) is 65.2 Å². The van der Waals surface area contributed by atoms with E-state index in [2.05, 4.69) is 6.58 Å². The standard InChI is InChI=1S/C17H15Cl2NO5S/c1-2-9-25-14-6-4-13(5-7-14)20(11-17(21)22)26(23,24)16-10-12(18)3-8-15(16)19/h2-8,10H,1,9,11H2,(H,21,22). The summed E-state index contributed by atoms with van der Waals surface area (Å²) in [4.78, 5) is 10.9. The molecule has 0 saturated carbocycles. The highest BCUT2D eigenvalue weighted by Gasteiger charge is 2.29. The van der Waals surface area contributed by atoms with Crippen LogP contribution < -0.4 is 9.04 Å². The first-order valence-corrected chi connectivity index (χ1v) is 9.48. The van der Waals surface area contributed by atoms with Gasteiger partial charge in [-0.15, -0.1) is 0 Å². The van der Waals surface area contributed by atoms with Crippen molar-refractivity contribution in [3.63, 3.8) is 0 Å². The fraction of sp³-hybridized carbons (Fsp3) is 0.118. The van der Waals surface area contributed by atoms with Crippen LogP contribution in [0.4, 0.5) is 5.69 Å². The van der Waals surface area contributed by atoms with E-state index in [0.717, 1.165) is 4.31 Å². The van der Waals surface area contributed by atoms with Crippen molar-refractivity contribution in [2.45, 2.75) is 4.90 Å². The highest BCUT2D eigenvalue weighted by molar-refractivity contribution is 7.93. The minimum Gasteiger partial charge on any atom is -0.490 e. The second-order valence-corrected chi connectivity index (χ2v) is 7.75. The van der Waals surface area contributed by atoms with Crippen molar-refractivity contribution in [2.24, 2.45) is 0 Å². The summed E-state index contributed by atoms with van der Waals surface area (Å²) in [7, 11) is -4.25. The predicted molar refractivity (Wildman–Crippen MR) is 101 cm³/mol. The second kappa shape index (κ2) is 8.44. The first-order chi connectivity index (χ1) is 12.3. The third-order valence-electron chi connectivity index (χ3n) is 3.23. The average Bonchev–Trinajstić information content (AvgIpc) is 2.60. The van der Waals surface area contributed by atoms with Crippen LogP contribution in [0.5, 0.6) is 5.75 Å². The van der Waals surface area contributed by atoms with Crippen molar-refractivity contribution >= 4 is 44.9 Å². The van der Waals surface area contributed by atoms with Crippen molar-refractivity contribution in [1.29, 1.82) is 0 Å². The summed E-state index contributed by atoms with van der Waals surface area (Å²) in [6, 6.07) is 9.90. The molecule has 0 aliphatic carbocycles. The Morgan fingerprint density at radius 1 is 1.19 bits per heavy atom. The number of ether oxygens (including phenoxy) is 1. The molecule has 0 saturated heterocycles. The summed E-state index contributed by atoms with van der Waals surface area (Å²) >= 11 is 11.9. The highest BCUT2D eigenvalue weighted by Crippen LogP contribution is 2.31. The summed E-state index contributed by atoms with van der Waals surface area (Å²) < 4.78 is 32.0. The molecule has 0 heterocycles. The van der Waals surface area contributed by atoms with Gasteiger partial charge in [0.25, 0.3) is 10.0 Å². The molecule has 2 aromatic rings. The number of sulfonamides is 1. The molecule has 2 aromatic carbocycles. The van der Waals surface area contributed by atoms with E-state index in [4.69, 9.17) is 33.0 Å². The van der Waals surface area contributed by atoms with Gasteiger partial charge in [0.2, 0.25) is 0 Å². The molecule has 2 rings (SSSR count). The molecule has 0 amide bonds. The topological polar surface area (TPSA) is 83.9 Å². The molecule has 1 N–H and O–H groups in total. The first kappa shape index (κ1) is 20.1. The SMILES string of the molecule is C=CCOc1ccc(N(CC(=O)O)S(=O)(=O)c2cc(Cl)ccc2Cl)cc1. The summed E-state index contributed by atoms with van der Waals surface area (Å²) in [5.41, 5.74) is 0.148. The van der Waals surface area contributed by atoms with Crippen LogP contribution in [0.1, 0.15) is 0 Å². The van der Waals surface area contributed by atoms with E-state index in [1.54, 1.807) is 6.08 Å². The Bertz CT molecular complexity index is 913. The fourth-order valence-corrected chi connectivity index (χ4v) is 4.25. The Hall–Kier alpha value is -2.22. The number of rotatable bonds is 8. The average molecular weight is 416 g/mol. The van der Waals surface area contributed by atoms with Crippen LogP contribution in [-0.2, 0) is 14.8 Å². The Labute approximate surface area is 161 Å². The van der Waals surface area contributed by atoms with E-state index >= 15 is 0 Å². The number of benzene rings is 2. The Kier molecular flexibility index (Phi) is 6.52. The number of nitrogens with zero attached hydrogens (tertiary/aromatic N) is 1. The number of carboxylic acids is 1. The molecule has 0 fully saturated rings. The molecule has 0 aromatic heterocycles.